The third kappa shape index (κ3) is 3.69. The maximum absolute atomic E-state index is 13.5. The molecule has 0 bridgehead atoms. The topological polar surface area (TPSA) is 35.5 Å². The molecule has 0 amide bonds. The summed E-state index contributed by atoms with van der Waals surface area (Å²) in [5.74, 6) is 0.242. The first-order valence-corrected chi connectivity index (χ1v) is 6.34. The molecule has 21 heavy (non-hydrogen) atoms. The van der Waals surface area contributed by atoms with E-state index < -0.39 is 5.82 Å². The lowest BCUT2D eigenvalue weighted by molar-refractivity contribution is 0.104. The van der Waals surface area contributed by atoms with E-state index in [2.05, 4.69) is 0 Å². The third-order valence-corrected chi connectivity index (χ3v) is 2.98. The van der Waals surface area contributed by atoms with Crippen molar-refractivity contribution in [3.63, 3.8) is 0 Å². The first-order chi connectivity index (χ1) is 10.1. The minimum Gasteiger partial charge on any atom is -0.497 e. The van der Waals surface area contributed by atoms with Gasteiger partial charge in [-0.2, -0.15) is 0 Å². The molecular weight excluding hydrogens is 271 g/mol. The van der Waals surface area contributed by atoms with Gasteiger partial charge >= 0.3 is 0 Å². The van der Waals surface area contributed by atoms with Crippen LogP contribution >= 0.6 is 0 Å². The van der Waals surface area contributed by atoms with Crippen LogP contribution in [0.4, 0.5) is 4.39 Å². The lowest BCUT2D eigenvalue weighted by Gasteiger charge is -2.02. The number of methoxy groups -OCH3 is 2. The standard InChI is InChI=1S/C17H15FO3/c1-20-14-7-5-13(6-8-14)16(19)9-3-12-4-10-17(21-2)15(18)11-12/h3-11H,1-2H3/b9-3+. The van der Waals surface area contributed by atoms with E-state index in [0.29, 0.717) is 16.9 Å². The third-order valence-electron chi connectivity index (χ3n) is 2.98. The zero-order valence-electron chi connectivity index (χ0n) is 11.8. The molecular formula is C17H15FO3. The van der Waals surface area contributed by atoms with Crippen molar-refractivity contribution in [3.8, 4) is 11.5 Å². The average Bonchev–Trinajstić information content (AvgIpc) is 2.52. The van der Waals surface area contributed by atoms with Crippen molar-refractivity contribution in [3.05, 3.63) is 65.5 Å². The summed E-state index contributed by atoms with van der Waals surface area (Å²) in [6.45, 7) is 0. The zero-order valence-corrected chi connectivity index (χ0v) is 11.8. The second kappa shape index (κ2) is 6.70. The summed E-state index contributed by atoms with van der Waals surface area (Å²) in [6, 6.07) is 11.3. The molecule has 0 atom stereocenters. The Labute approximate surface area is 122 Å². The average molecular weight is 286 g/mol. The minimum atomic E-state index is -0.462. The molecule has 0 saturated carbocycles. The molecule has 2 aromatic carbocycles. The first-order valence-electron chi connectivity index (χ1n) is 6.34. The van der Waals surface area contributed by atoms with Crippen LogP contribution in [0.5, 0.6) is 11.5 Å². The number of carbonyl (C=O) groups is 1. The SMILES string of the molecule is COc1ccc(C(=O)/C=C/c2ccc(OC)c(F)c2)cc1. The fourth-order valence-corrected chi connectivity index (χ4v) is 1.81. The molecule has 0 aliphatic carbocycles. The van der Waals surface area contributed by atoms with Crippen molar-refractivity contribution in [1.82, 2.24) is 0 Å². The van der Waals surface area contributed by atoms with E-state index in [9.17, 15) is 9.18 Å². The fraction of sp³-hybridized carbons (Fsp3) is 0.118. The van der Waals surface area contributed by atoms with Gasteiger partial charge in [0.1, 0.15) is 5.75 Å². The second-order valence-corrected chi connectivity index (χ2v) is 4.32. The molecule has 108 valence electrons. The number of rotatable bonds is 5. The van der Waals surface area contributed by atoms with E-state index >= 15 is 0 Å². The van der Waals surface area contributed by atoms with Crippen molar-refractivity contribution in [2.75, 3.05) is 14.2 Å². The number of hydrogen-bond acceptors (Lipinski definition) is 3. The normalized spacial score (nSPS) is 10.6. The van der Waals surface area contributed by atoms with Gasteiger partial charge in [0, 0.05) is 5.56 Å². The van der Waals surface area contributed by atoms with Crippen molar-refractivity contribution < 1.29 is 18.7 Å². The van der Waals surface area contributed by atoms with E-state index in [-0.39, 0.29) is 11.5 Å². The number of halogens is 1. The van der Waals surface area contributed by atoms with E-state index in [0.717, 1.165) is 0 Å². The summed E-state index contributed by atoms with van der Waals surface area (Å²) in [4.78, 5) is 12.0. The van der Waals surface area contributed by atoms with Crippen LogP contribution in [0, 0.1) is 5.82 Å². The Morgan fingerprint density at radius 1 is 1.05 bits per heavy atom. The summed E-state index contributed by atoms with van der Waals surface area (Å²) >= 11 is 0. The van der Waals surface area contributed by atoms with Crippen LogP contribution in [0.25, 0.3) is 6.08 Å². The molecule has 0 aliphatic heterocycles. The van der Waals surface area contributed by atoms with E-state index in [1.54, 1.807) is 43.5 Å². The predicted octanol–water partition coefficient (Wildman–Crippen LogP) is 3.74. The predicted molar refractivity (Wildman–Crippen MR) is 79.3 cm³/mol. The quantitative estimate of drug-likeness (QED) is 0.620. The summed E-state index contributed by atoms with van der Waals surface area (Å²) in [5, 5.41) is 0. The molecule has 0 saturated heterocycles. The van der Waals surface area contributed by atoms with Crippen molar-refractivity contribution in [2.45, 2.75) is 0 Å². The van der Waals surface area contributed by atoms with Crippen molar-refractivity contribution >= 4 is 11.9 Å². The van der Waals surface area contributed by atoms with E-state index in [1.165, 1.54) is 25.3 Å². The molecule has 0 spiro atoms. The summed E-state index contributed by atoms with van der Waals surface area (Å²) < 4.78 is 23.4. The molecule has 2 aromatic rings. The largest absolute Gasteiger partial charge is 0.497 e. The van der Waals surface area contributed by atoms with E-state index in [1.807, 2.05) is 0 Å². The molecule has 2 rings (SSSR count). The maximum atomic E-state index is 13.5. The lowest BCUT2D eigenvalue weighted by Crippen LogP contribution is -1.94. The Balaban J connectivity index is 2.12. The van der Waals surface area contributed by atoms with Gasteiger partial charge in [0.2, 0.25) is 0 Å². The number of allylic oxidation sites excluding steroid dienone is 1. The molecule has 3 nitrogen and oxygen atoms in total. The Bertz CT molecular complexity index is 660. The van der Waals surface area contributed by atoms with Gasteiger partial charge in [-0.15, -0.1) is 0 Å². The lowest BCUT2D eigenvalue weighted by atomic mass is 10.1. The molecule has 0 heterocycles. The smallest absolute Gasteiger partial charge is 0.185 e. The van der Waals surface area contributed by atoms with Gasteiger partial charge in [-0.05, 0) is 48.0 Å². The number of carbonyl (C=O) groups excluding carboxylic acids is 1. The highest BCUT2D eigenvalue weighted by atomic mass is 19.1. The van der Waals surface area contributed by atoms with Crippen LogP contribution in [-0.4, -0.2) is 20.0 Å². The first kappa shape index (κ1) is 14.8. The summed E-state index contributed by atoms with van der Waals surface area (Å²) in [7, 11) is 2.97. The molecule has 0 N–H and O–H groups in total. The van der Waals surface area contributed by atoms with Crippen LogP contribution in [0.2, 0.25) is 0 Å². The highest BCUT2D eigenvalue weighted by molar-refractivity contribution is 6.06. The Kier molecular flexibility index (Phi) is 4.72. The fourth-order valence-electron chi connectivity index (χ4n) is 1.81. The van der Waals surface area contributed by atoms with Gasteiger partial charge in [0.25, 0.3) is 0 Å². The second-order valence-electron chi connectivity index (χ2n) is 4.32. The van der Waals surface area contributed by atoms with Crippen molar-refractivity contribution in [1.29, 1.82) is 0 Å². The van der Waals surface area contributed by atoms with Gasteiger partial charge in [0.05, 0.1) is 14.2 Å². The van der Waals surface area contributed by atoms with Gasteiger partial charge in [-0.25, -0.2) is 4.39 Å². The number of hydrogen-bond donors (Lipinski definition) is 0. The molecule has 0 aromatic heterocycles. The Morgan fingerprint density at radius 2 is 1.76 bits per heavy atom. The summed E-state index contributed by atoms with van der Waals surface area (Å²) in [6.07, 6.45) is 2.97. The molecule has 0 fully saturated rings. The van der Waals surface area contributed by atoms with Crippen LogP contribution < -0.4 is 9.47 Å². The molecule has 4 heteroatoms. The van der Waals surface area contributed by atoms with Crippen LogP contribution in [0.15, 0.2) is 48.5 Å². The van der Waals surface area contributed by atoms with Gasteiger partial charge in [0.15, 0.2) is 17.3 Å². The number of benzene rings is 2. The van der Waals surface area contributed by atoms with Crippen molar-refractivity contribution in [2.24, 2.45) is 0 Å². The monoisotopic (exact) mass is 286 g/mol. The van der Waals surface area contributed by atoms with Crippen LogP contribution in [-0.2, 0) is 0 Å². The Morgan fingerprint density at radius 3 is 2.33 bits per heavy atom. The highest BCUT2D eigenvalue weighted by Crippen LogP contribution is 2.19. The summed E-state index contributed by atoms with van der Waals surface area (Å²) in [5.41, 5.74) is 1.14. The molecule has 0 radical (unpaired) electrons. The Hall–Kier alpha value is -2.62. The molecule has 0 aliphatic rings. The minimum absolute atomic E-state index is 0.158. The highest BCUT2D eigenvalue weighted by Gasteiger charge is 2.04. The maximum Gasteiger partial charge on any atom is 0.185 e. The van der Waals surface area contributed by atoms with Gasteiger partial charge in [-0.3, -0.25) is 4.79 Å². The number of ketones is 1. The molecule has 0 unspecified atom stereocenters. The van der Waals surface area contributed by atoms with E-state index in [4.69, 9.17) is 9.47 Å². The zero-order chi connectivity index (χ0) is 15.2. The van der Waals surface area contributed by atoms with Crippen LogP contribution in [0.1, 0.15) is 15.9 Å². The van der Waals surface area contributed by atoms with Gasteiger partial charge in [-0.1, -0.05) is 12.1 Å². The number of ether oxygens (including phenoxy) is 2. The van der Waals surface area contributed by atoms with Crippen LogP contribution in [0.3, 0.4) is 0 Å². The van der Waals surface area contributed by atoms with Gasteiger partial charge < -0.3 is 9.47 Å².